The molecule has 0 bridgehead atoms. The Labute approximate surface area is 199 Å². The molecule has 0 saturated carbocycles. The van der Waals surface area contributed by atoms with Crippen LogP contribution in [0, 0.1) is 12.8 Å². The smallest absolute Gasteiger partial charge is 0.120 e. The number of piperidine rings is 1. The highest BCUT2D eigenvalue weighted by Gasteiger charge is 2.20. The molecule has 0 amide bonds. The van der Waals surface area contributed by atoms with Crippen LogP contribution in [0.3, 0.4) is 0 Å². The standard InChI is InChI=1S/C29H30N2O3/c1-20-27-18-26(34)10-11-28(27)31(29(20)23-4-8-25(33)9-5-23)19-22-2-6-24(7-3-22)30-15-12-21(13-16-30)14-17-32/h2-11,17-18,21,33-34H,12-16,19H2,1H3. The van der Waals surface area contributed by atoms with Crippen molar-refractivity contribution in [3.05, 3.63) is 77.9 Å². The summed E-state index contributed by atoms with van der Waals surface area (Å²) < 4.78 is 2.29. The molecule has 0 aliphatic carbocycles. The number of nitrogens with zero attached hydrogens (tertiary/aromatic N) is 2. The Bertz CT molecular complexity index is 1300. The van der Waals surface area contributed by atoms with Crippen LogP contribution in [0.1, 0.15) is 30.4 Å². The fraction of sp³-hybridized carbons (Fsp3) is 0.276. The van der Waals surface area contributed by atoms with Gasteiger partial charge in [0.15, 0.2) is 0 Å². The zero-order valence-electron chi connectivity index (χ0n) is 19.4. The minimum absolute atomic E-state index is 0.243. The minimum atomic E-state index is 0.243. The number of fused-ring (bicyclic) bond motifs is 1. The fourth-order valence-corrected chi connectivity index (χ4v) is 5.22. The fourth-order valence-electron chi connectivity index (χ4n) is 5.22. The Hall–Kier alpha value is -3.73. The van der Waals surface area contributed by atoms with Crippen LogP contribution in [0.4, 0.5) is 5.69 Å². The second kappa shape index (κ2) is 9.26. The van der Waals surface area contributed by atoms with Gasteiger partial charge in [0.05, 0.1) is 5.69 Å². The Morgan fingerprint density at radius 1 is 0.912 bits per heavy atom. The van der Waals surface area contributed by atoms with Crippen molar-refractivity contribution in [1.82, 2.24) is 4.57 Å². The maximum absolute atomic E-state index is 10.8. The largest absolute Gasteiger partial charge is 0.508 e. The molecule has 1 aromatic heterocycles. The van der Waals surface area contributed by atoms with E-state index < -0.39 is 0 Å². The van der Waals surface area contributed by atoms with E-state index in [0.29, 0.717) is 18.9 Å². The second-order valence-corrected chi connectivity index (χ2v) is 9.31. The molecule has 0 unspecified atom stereocenters. The number of aromatic nitrogens is 1. The number of carbonyl (C=O) groups is 1. The first-order valence-corrected chi connectivity index (χ1v) is 11.9. The van der Waals surface area contributed by atoms with Gasteiger partial charge in [-0.25, -0.2) is 0 Å². The summed E-state index contributed by atoms with van der Waals surface area (Å²) in [6.45, 7) is 4.77. The zero-order chi connectivity index (χ0) is 23.7. The average Bonchev–Trinajstić information content (AvgIpc) is 3.11. The van der Waals surface area contributed by atoms with Gasteiger partial charge in [-0.15, -0.1) is 0 Å². The van der Waals surface area contributed by atoms with Crippen LogP contribution in [-0.4, -0.2) is 34.2 Å². The third-order valence-electron chi connectivity index (χ3n) is 7.13. The summed E-state index contributed by atoms with van der Waals surface area (Å²) in [4.78, 5) is 13.2. The van der Waals surface area contributed by atoms with E-state index in [0.717, 1.165) is 59.9 Å². The molecule has 174 valence electrons. The second-order valence-electron chi connectivity index (χ2n) is 9.31. The summed E-state index contributed by atoms with van der Waals surface area (Å²) in [6, 6.07) is 21.6. The normalized spacial score (nSPS) is 14.6. The van der Waals surface area contributed by atoms with E-state index in [1.807, 2.05) is 24.3 Å². The monoisotopic (exact) mass is 454 g/mol. The predicted molar refractivity (Wildman–Crippen MR) is 137 cm³/mol. The van der Waals surface area contributed by atoms with E-state index in [9.17, 15) is 15.0 Å². The Morgan fingerprint density at radius 3 is 2.26 bits per heavy atom. The highest BCUT2D eigenvalue weighted by Crippen LogP contribution is 2.36. The van der Waals surface area contributed by atoms with Gasteiger partial charge in [-0.05, 0) is 97.0 Å². The molecule has 1 aliphatic heterocycles. The molecule has 5 rings (SSSR count). The van der Waals surface area contributed by atoms with Crippen LogP contribution < -0.4 is 4.90 Å². The third-order valence-corrected chi connectivity index (χ3v) is 7.13. The molecule has 0 radical (unpaired) electrons. The van der Waals surface area contributed by atoms with Crippen LogP contribution in [0.15, 0.2) is 66.7 Å². The number of aldehydes is 1. The topological polar surface area (TPSA) is 65.7 Å². The summed E-state index contributed by atoms with van der Waals surface area (Å²) >= 11 is 0. The Morgan fingerprint density at radius 2 is 1.59 bits per heavy atom. The molecule has 1 fully saturated rings. The minimum Gasteiger partial charge on any atom is -0.508 e. The number of rotatable bonds is 6. The highest BCUT2D eigenvalue weighted by atomic mass is 16.3. The van der Waals surface area contributed by atoms with Crippen molar-refractivity contribution in [1.29, 1.82) is 0 Å². The van der Waals surface area contributed by atoms with Gasteiger partial charge in [0.2, 0.25) is 0 Å². The number of phenols is 2. The number of benzene rings is 3. The van der Waals surface area contributed by atoms with E-state index in [4.69, 9.17) is 0 Å². The molecule has 4 aromatic rings. The average molecular weight is 455 g/mol. The zero-order valence-corrected chi connectivity index (χ0v) is 19.4. The molecular weight excluding hydrogens is 424 g/mol. The lowest BCUT2D eigenvalue weighted by molar-refractivity contribution is -0.108. The molecule has 1 saturated heterocycles. The molecule has 2 heterocycles. The van der Waals surface area contributed by atoms with E-state index in [2.05, 4.69) is 40.7 Å². The number of anilines is 1. The van der Waals surface area contributed by atoms with E-state index >= 15 is 0 Å². The van der Waals surface area contributed by atoms with Crippen molar-refractivity contribution in [2.24, 2.45) is 5.92 Å². The van der Waals surface area contributed by atoms with E-state index in [1.54, 1.807) is 18.2 Å². The van der Waals surface area contributed by atoms with Gasteiger partial charge < -0.3 is 24.5 Å². The molecule has 1 aliphatic rings. The highest BCUT2D eigenvalue weighted by molar-refractivity contribution is 5.92. The SMILES string of the molecule is Cc1c(-c2ccc(O)cc2)n(Cc2ccc(N3CCC(CC=O)CC3)cc2)c2ccc(O)cc12. The van der Waals surface area contributed by atoms with E-state index in [-0.39, 0.29) is 11.5 Å². The summed E-state index contributed by atoms with van der Waals surface area (Å²) in [5, 5.41) is 20.9. The van der Waals surface area contributed by atoms with Gasteiger partial charge in [0.1, 0.15) is 17.8 Å². The van der Waals surface area contributed by atoms with Gasteiger partial charge in [-0.1, -0.05) is 12.1 Å². The van der Waals surface area contributed by atoms with Gasteiger partial charge in [0, 0.05) is 42.6 Å². The maximum atomic E-state index is 10.8. The van der Waals surface area contributed by atoms with Gasteiger partial charge >= 0.3 is 0 Å². The summed E-state index contributed by atoms with van der Waals surface area (Å²) in [5.41, 5.74) is 6.71. The molecule has 34 heavy (non-hydrogen) atoms. The lowest BCUT2D eigenvalue weighted by atomic mass is 9.94. The first kappa shape index (κ1) is 22.1. The van der Waals surface area contributed by atoms with Crippen LogP contribution in [0.2, 0.25) is 0 Å². The molecular formula is C29H30N2O3. The van der Waals surface area contributed by atoms with Gasteiger partial charge in [0.25, 0.3) is 0 Å². The molecule has 2 N–H and O–H groups in total. The molecule has 5 heteroatoms. The van der Waals surface area contributed by atoms with Gasteiger partial charge in [-0.3, -0.25) is 0 Å². The van der Waals surface area contributed by atoms with Crippen molar-refractivity contribution in [2.45, 2.75) is 32.7 Å². The van der Waals surface area contributed by atoms with Crippen molar-refractivity contribution < 1.29 is 15.0 Å². The van der Waals surface area contributed by atoms with Crippen LogP contribution in [0.5, 0.6) is 11.5 Å². The maximum Gasteiger partial charge on any atom is 0.120 e. The van der Waals surface area contributed by atoms with Crippen LogP contribution >= 0.6 is 0 Å². The first-order valence-electron chi connectivity index (χ1n) is 11.9. The van der Waals surface area contributed by atoms with Crippen molar-refractivity contribution >= 4 is 22.9 Å². The van der Waals surface area contributed by atoms with Crippen LogP contribution in [0.25, 0.3) is 22.2 Å². The summed E-state index contributed by atoms with van der Waals surface area (Å²) in [6.07, 6.45) is 3.86. The van der Waals surface area contributed by atoms with Crippen molar-refractivity contribution in [3.63, 3.8) is 0 Å². The number of hydrogen-bond acceptors (Lipinski definition) is 4. The molecule has 0 atom stereocenters. The number of aryl methyl sites for hydroxylation is 1. The number of aromatic hydroxyl groups is 2. The number of phenolic OH excluding ortho intramolecular Hbond substituents is 2. The van der Waals surface area contributed by atoms with Crippen LogP contribution in [-0.2, 0) is 11.3 Å². The van der Waals surface area contributed by atoms with Gasteiger partial charge in [-0.2, -0.15) is 0 Å². The Balaban J connectivity index is 1.45. The van der Waals surface area contributed by atoms with Crippen molar-refractivity contribution in [2.75, 3.05) is 18.0 Å². The molecule has 3 aromatic carbocycles. The lowest BCUT2D eigenvalue weighted by Gasteiger charge is -2.33. The first-order chi connectivity index (χ1) is 16.5. The van der Waals surface area contributed by atoms with E-state index in [1.165, 1.54) is 11.3 Å². The summed E-state index contributed by atoms with van der Waals surface area (Å²) in [5.74, 6) is 1.02. The molecule has 5 nitrogen and oxygen atoms in total. The number of hydrogen-bond donors (Lipinski definition) is 2. The predicted octanol–water partition coefficient (Wildman–Crippen LogP) is 5.88. The molecule has 0 spiro atoms. The third kappa shape index (κ3) is 4.26. The Kier molecular flexibility index (Phi) is 6.01. The lowest BCUT2D eigenvalue weighted by Crippen LogP contribution is -2.33. The number of carbonyl (C=O) groups excluding carboxylic acids is 1. The summed E-state index contributed by atoms with van der Waals surface area (Å²) in [7, 11) is 0. The van der Waals surface area contributed by atoms with Crippen molar-refractivity contribution in [3.8, 4) is 22.8 Å². The quantitative estimate of drug-likeness (QED) is 0.357.